The largest absolute Gasteiger partial charge is 0.322 e. The molecule has 0 spiro atoms. The van der Waals surface area contributed by atoms with E-state index in [1.807, 2.05) is 12.1 Å². The normalized spacial score (nSPS) is 12.9. The molecule has 0 saturated carbocycles. The van der Waals surface area contributed by atoms with Crippen LogP contribution in [0.25, 0.3) is 0 Å². The first kappa shape index (κ1) is 17.2. The number of carbonyl (C=O) groups is 3. The number of amides is 3. The van der Waals surface area contributed by atoms with E-state index in [2.05, 4.69) is 21.2 Å². The Labute approximate surface area is 163 Å². The number of carbonyl (C=O) groups excluding carboxylic acids is 3. The number of fused-ring (bicyclic) bond motifs is 1. The van der Waals surface area contributed by atoms with E-state index >= 15 is 0 Å². The van der Waals surface area contributed by atoms with Crippen LogP contribution in [-0.4, -0.2) is 17.7 Å². The standard InChI is InChI=1S/C21H13BrN2O3/c22-14-4-3-5-15(12-14)23-19(25)13-8-10-16(11-9-13)24-20(26)17-6-1-2-7-18(17)21(24)27/h1-12H,(H,23,25). The minimum Gasteiger partial charge on any atom is -0.322 e. The topological polar surface area (TPSA) is 66.5 Å². The third-order valence-electron chi connectivity index (χ3n) is 4.26. The van der Waals surface area contributed by atoms with E-state index in [-0.39, 0.29) is 17.7 Å². The van der Waals surface area contributed by atoms with Crippen LogP contribution in [0.1, 0.15) is 31.1 Å². The monoisotopic (exact) mass is 420 g/mol. The van der Waals surface area contributed by atoms with Gasteiger partial charge in [0.25, 0.3) is 17.7 Å². The second kappa shape index (κ2) is 6.81. The fourth-order valence-electron chi connectivity index (χ4n) is 2.96. The van der Waals surface area contributed by atoms with Gasteiger partial charge in [0, 0.05) is 15.7 Å². The van der Waals surface area contributed by atoms with Crippen molar-refractivity contribution in [3.05, 3.63) is 94.0 Å². The van der Waals surface area contributed by atoms with Gasteiger partial charge in [-0.15, -0.1) is 0 Å². The van der Waals surface area contributed by atoms with E-state index in [9.17, 15) is 14.4 Å². The zero-order valence-electron chi connectivity index (χ0n) is 14.0. The third kappa shape index (κ3) is 3.15. The van der Waals surface area contributed by atoms with E-state index < -0.39 is 0 Å². The van der Waals surface area contributed by atoms with Crippen LogP contribution in [0.5, 0.6) is 0 Å². The molecule has 27 heavy (non-hydrogen) atoms. The van der Waals surface area contributed by atoms with Crippen molar-refractivity contribution in [2.45, 2.75) is 0 Å². The summed E-state index contributed by atoms with van der Waals surface area (Å²) in [6.45, 7) is 0. The van der Waals surface area contributed by atoms with Crippen molar-refractivity contribution >= 4 is 45.0 Å². The van der Waals surface area contributed by atoms with Gasteiger partial charge in [0.15, 0.2) is 0 Å². The SMILES string of the molecule is O=C(Nc1cccc(Br)c1)c1ccc(N2C(=O)c3ccccc3C2=O)cc1. The number of rotatable bonds is 3. The van der Waals surface area contributed by atoms with Crippen molar-refractivity contribution in [1.29, 1.82) is 0 Å². The summed E-state index contributed by atoms with van der Waals surface area (Å²) >= 11 is 3.36. The molecule has 1 aliphatic rings. The van der Waals surface area contributed by atoms with Gasteiger partial charge in [-0.2, -0.15) is 0 Å². The Morgan fingerprint density at radius 3 is 2.04 bits per heavy atom. The van der Waals surface area contributed by atoms with Crippen LogP contribution in [0.4, 0.5) is 11.4 Å². The Morgan fingerprint density at radius 2 is 1.44 bits per heavy atom. The molecule has 0 saturated heterocycles. The first-order chi connectivity index (χ1) is 13.0. The van der Waals surface area contributed by atoms with E-state index in [0.717, 1.165) is 9.37 Å². The highest BCUT2D eigenvalue weighted by atomic mass is 79.9. The van der Waals surface area contributed by atoms with Crippen molar-refractivity contribution in [3.63, 3.8) is 0 Å². The van der Waals surface area contributed by atoms with Gasteiger partial charge >= 0.3 is 0 Å². The van der Waals surface area contributed by atoms with Gasteiger partial charge in [-0.1, -0.05) is 34.1 Å². The van der Waals surface area contributed by atoms with E-state index in [1.165, 1.54) is 0 Å². The quantitative estimate of drug-likeness (QED) is 0.634. The van der Waals surface area contributed by atoms with Gasteiger partial charge in [-0.3, -0.25) is 14.4 Å². The van der Waals surface area contributed by atoms with Gasteiger partial charge in [-0.25, -0.2) is 4.90 Å². The van der Waals surface area contributed by atoms with Gasteiger partial charge in [0.05, 0.1) is 16.8 Å². The molecule has 3 aromatic carbocycles. The molecule has 3 aromatic rings. The number of hydrogen-bond acceptors (Lipinski definition) is 3. The summed E-state index contributed by atoms with van der Waals surface area (Å²) in [5, 5.41) is 2.80. The molecular formula is C21H13BrN2O3. The first-order valence-corrected chi connectivity index (χ1v) is 8.99. The summed E-state index contributed by atoms with van der Waals surface area (Å²) in [7, 11) is 0. The summed E-state index contributed by atoms with van der Waals surface area (Å²) in [5.41, 5.74) is 2.30. The lowest BCUT2D eigenvalue weighted by molar-refractivity contribution is 0.0925. The number of nitrogens with one attached hydrogen (secondary N) is 1. The highest BCUT2D eigenvalue weighted by Gasteiger charge is 2.36. The molecule has 0 aromatic heterocycles. The second-order valence-electron chi connectivity index (χ2n) is 6.00. The maximum absolute atomic E-state index is 12.5. The Hall–Kier alpha value is -3.25. The number of hydrogen-bond donors (Lipinski definition) is 1. The predicted molar refractivity (Wildman–Crippen MR) is 106 cm³/mol. The van der Waals surface area contributed by atoms with Crippen molar-refractivity contribution in [2.75, 3.05) is 10.2 Å². The van der Waals surface area contributed by atoms with Gasteiger partial charge < -0.3 is 5.32 Å². The van der Waals surface area contributed by atoms with E-state index in [0.29, 0.717) is 28.1 Å². The maximum Gasteiger partial charge on any atom is 0.266 e. The molecular weight excluding hydrogens is 408 g/mol. The van der Waals surface area contributed by atoms with Crippen molar-refractivity contribution < 1.29 is 14.4 Å². The smallest absolute Gasteiger partial charge is 0.266 e. The third-order valence-corrected chi connectivity index (χ3v) is 4.76. The van der Waals surface area contributed by atoms with Gasteiger partial charge in [-0.05, 0) is 54.6 Å². The van der Waals surface area contributed by atoms with Crippen LogP contribution < -0.4 is 10.2 Å². The zero-order valence-corrected chi connectivity index (χ0v) is 15.6. The van der Waals surface area contributed by atoms with Crippen LogP contribution >= 0.6 is 15.9 Å². The Bertz CT molecular complexity index is 1040. The Kier molecular flexibility index (Phi) is 4.33. The molecule has 4 rings (SSSR count). The Morgan fingerprint density at radius 1 is 0.815 bits per heavy atom. The molecule has 6 heteroatoms. The lowest BCUT2D eigenvalue weighted by Crippen LogP contribution is -2.29. The summed E-state index contributed by atoms with van der Waals surface area (Å²) in [5.74, 6) is -0.995. The van der Waals surface area contributed by atoms with E-state index in [4.69, 9.17) is 0 Å². The summed E-state index contributed by atoms with van der Waals surface area (Å²) < 4.78 is 0.862. The summed E-state index contributed by atoms with van der Waals surface area (Å²) in [4.78, 5) is 38.6. The molecule has 1 N–H and O–H groups in total. The Balaban J connectivity index is 1.55. The number of imide groups is 1. The molecule has 0 radical (unpaired) electrons. The summed E-state index contributed by atoms with van der Waals surface area (Å²) in [6.07, 6.45) is 0. The van der Waals surface area contributed by atoms with Crippen LogP contribution in [0.2, 0.25) is 0 Å². The molecule has 5 nitrogen and oxygen atoms in total. The van der Waals surface area contributed by atoms with Crippen molar-refractivity contribution in [3.8, 4) is 0 Å². The van der Waals surface area contributed by atoms with Crippen LogP contribution in [0.15, 0.2) is 77.3 Å². The summed E-state index contributed by atoms with van der Waals surface area (Å²) in [6, 6.07) is 20.4. The van der Waals surface area contributed by atoms with Crippen LogP contribution in [0.3, 0.4) is 0 Å². The molecule has 0 atom stereocenters. The molecule has 1 aliphatic heterocycles. The zero-order chi connectivity index (χ0) is 19.0. The molecule has 0 aliphatic carbocycles. The lowest BCUT2D eigenvalue weighted by atomic mass is 10.1. The molecule has 1 heterocycles. The van der Waals surface area contributed by atoms with Crippen molar-refractivity contribution in [2.24, 2.45) is 0 Å². The van der Waals surface area contributed by atoms with Crippen LogP contribution in [0, 0.1) is 0 Å². The average molecular weight is 421 g/mol. The number of benzene rings is 3. The minimum absolute atomic E-state index is 0.276. The number of nitrogens with zero attached hydrogens (tertiary/aromatic N) is 1. The predicted octanol–water partition coefficient (Wildman–Crippen LogP) is 4.50. The van der Waals surface area contributed by atoms with E-state index in [1.54, 1.807) is 60.7 Å². The average Bonchev–Trinajstić information content (AvgIpc) is 2.93. The lowest BCUT2D eigenvalue weighted by Gasteiger charge is -2.14. The first-order valence-electron chi connectivity index (χ1n) is 8.19. The number of anilines is 2. The van der Waals surface area contributed by atoms with Gasteiger partial charge in [0.2, 0.25) is 0 Å². The molecule has 0 bridgehead atoms. The molecule has 0 fully saturated rings. The second-order valence-corrected chi connectivity index (χ2v) is 6.92. The highest BCUT2D eigenvalue weighted by molar-refractivity contribution is 9.10. The van der Waals surface area contributed by atoms with Crippen LogP contribution in [-0.2, 0) is 0 Å². The van der Waals surface area contributed by atoms with Gasteiger partial charge in [0.1, 0.15) is 0 Å². The minimum atomic E-state index is -0.359. The fraction of sp³-hybridized carbons (Fsp3) is 0. The van der Waals surface area contributed by atoms with Crippen molar-refractivity contribution in [1.82, 2.24) is 0 Å². The molecule has 132 valence electrons. The fourth-order valence-corrected chi connectivity index (χ4v) is 3.35. The highest BCUT2D eigenvalue weighted by Crippen LogP contribution is 2.28. The molecule has 3 amide bonds. The number of halogens is 1. The molecule has 0 unspecified atom stereocenters. The maximum atomic E-state index is 12.5.